The average Bonchev–Trinajstić information content (AvgIpc) is 3.00. The van der Waals surface area contributed by atoms with E-state index in [-0.39, 0.29) is 0 Å². The number of aromatic nitrogens is 4. The second-order valence-electron chi connectivity index (χ2n) is 5.65. The summed E-state index contributed by atoms with van der Waals surface area (Å²) in [7, 11) is 1.94. The van der Waals surface area contributed by atoms with Crippen LogP contribution in [0.4, 0.5) is 5.82 Å². The van der Waals surface area contributed by atoms with E-state index in [0.29, 0.717) is 6.04 Å². The first-order valence-corrected chi connectivity index (χ1v) is 7.20. The van der Waals surface area contributed by atoms with Gasteiger partial charge in [0.2, 0.25) is 0 Å². The van der Waals surface area contributed by atoms with Crippen molar-refractivity contribution < 1.29 is 0 Å². The first kappa shape index (κ1) is 12.3. The summed E-state index contributed by atoms with van der Waals surface area (Å²) in [6, 6.07) is 9.01. The largest absolute Gasteiger partial charge is 0.365 e. The Morgan fingerprint density at radius 1 is 1.14 bits per heavy atom. The molecule has 0 saturated carbocycles. The fourth-order valence-electron chi connectivity index (χ4n) is 3.23. The first-order chi connectivity index (χ1) is 10.2. The Hall–Kier alpha value is -2.43. The van der Waals surface area contributed by atoms with Gasteiger partial charge < -0.3 is 5.32 Å². The minimum atomic E-state index is 0.385. The summed E-state index contributed by atoms with van der Waals surface area (Å²) in [5.74, 6) is 0.876. The van der Waals surface area contributed by atoms with Gasteiger partial charge in [0.15, 0.2) is 5.82 Å². The monoisotopic (exact) mass is 279 g/mol. The van der Waals surface area contributed by atoms with Crippen molar-refractivity contribution in [2.75, 3.05) is 5.32 Å². The van der Waals surface area contributed by atoms with E-state index in [9.17, 15) is 0 Å². The summed E-state index contributed by atoms with van der Waals surface area (Å²) in [5, 5.41) is 8.01. The van der Waals surface area contributed by atoms with Crippen LogP contribution in [-0.2, 0) is 19.9 Å². The second kappa shape index (κ2) is 4.55. The van der Waals surface area contributed by atoms with Crippen LogP contribution in [0.1, 0.15) is 16.8 Å². The van der Waals surface area contributed by atoms with E-state index in [0.717, 1.165) is 35.4 Å². The van der Waals surface area contributed by atoms with Gasteiger partial charge in [0.1, 0.15) is 17.4 Å². The number of fused-ring (bicyclic) bond motifs is 2. The van der Waals surface area contributed by atoms with Crippen molar-refractivity contribution in [1.29, 1.82) is 0 Å². The maximum atomic E-state index is 4.44. The molecule has 0 radical (unpaired) electrons. The Morgan fingerprint density at radius 2 is 1.86 bits per heavy atom. The van der Waals surface area contributed by atoms with E-state index >= 15 is 0 Å². The number of hydrogen-bond acceptors (Lipinski definition) is 4. The summed E-state index contributed by atoms with van der Waals surface area (Å²) in [5.41, 5.74) is 5.70. The lowest BCUT2D eigenvalue weighted by Crippen LogP contribution is -2.20. The van der Waals surface area contributed by atoms with Gasteiger partial charge in [-0.25, -0.2) is 9.97 Å². The van der Waals surface area contributed by atoms with Crippen LogP contribution in [0.2, 0.25) is 0 Å². The average molecular weight is 279 g/mol. The normalized spacial score (nSPS) is 14.6. The summed E-state index contributed by atoms with van der Waals surface area (Å²) in [4.78, 5) is 8.77. The first-order valence-electron chi connectivity index (χ1n) is 7.20. The lowest BCUT2D eigenvalue weighted by atomic mass is 10.1. The lowest BCUT2D eigenvalue weighted by molar-refractivity contribution is 0.758. The summed E-state index contributed by atoms with van der Waals surface area (Å²) in [6.45, 7) is 1.98. The van der Waals surface area contributed by atoms with Crippen molar-refractivity contribution in [2.24, 2.45) is 7.05 Å². The van der Waals surface area contributed by atoms with Gasteiger partial charge in [-0.15, -0.1) is 0 Å². The second-order valence-corrected chi connectivity index (χ2v) is 5.65. The third kappa shape index (κ3) is 1.96. The molecule has 1 aliphatic carbocycles. The molecular formula is C16H17N5. The van der Waals surface area contributed by atoms with Gasteiger partial charge >= 0.3 is 0 Å². The van der Waals surface area contributed by atoms with Crippen LogP contribution in [-0.4, -0.2) is 25.8 Å². The van der Waals surface area contributed by atoms with Crippen molar-refractivity contribution in [2.45, 2.75) is 25.8 Å². The summed E-state index contributed by atoms with van der Waals surface area (Å²) in [6.07, 6.45) is 3.69. The van der Waals surface area contributed by atoms with Crippen LogP contribution in [0.3, 0.4) is 0 Å². The molecule has 1 aromatic carbocycles. The van der Waals surface area contributed by atoms with E-state index in [1.165, 1.54) is 11.1 Å². The topological polar surface area (TPSA) is 55.6 Å². The van der Waals surface area contributed by atoms with Gasteiger partial charge in [-0.2, -0.15) is 5.10 Å². The highest BCUT2D eigenvalue weighted by Gasteiger charge is 2.22. The Morgan fingerprint density at radius 3 is 2.57 bits per heavy atom. The van der Waals surface area contributed by atoms with Gasteiger partial charge in [-0.3, -0.25) is 4.68 Å². The van der Waals surface area contributed by atoms with Crippen LogP contribution >= 0.6 is 0 Å². The molecule has 0 atom stereocenters. The molecule has 0 fully saturated rings. The molecule has 5 heteroatoms. The van der Waals surface area contributed by atoms with E-state index < -0.39 is 0 Å². The third-order valence-corrected chi connectivity index (χ3v) is 4.18. The predicted octanol–water partition coefficient (Wildman–Crippen LogP) is 2.25. The van der Waals surface area contributed by atoms with Crippen molar-refractivity contribution >= 4 is 16.9 Å². The quantitative estimate of drug-likeness (QED) is 0.781. The van der Waals surface area contributed by atoms with Crippen LogP contribution in [0.15, 0.2) is 30.6 Å². The van der Waals surface area contributed by atoms with E-state index in [2.05, 4.69) is 44.6 Å². The Balaban J connectivity index is 1.67. The molecule has 0 bridgehead atoms. The fourth-order valence-corrected chi connectivity index (χ4v) is 3.23. The molecule has 0 amide bonds. The number of aryl methyl sites for hydroxylation is 2. The SMILES string of the molecule is Cc1nn(C)c2c(NC3Cc4ccccc4C3)ncnc12. The smallest absolute Gasteiger partial charge is 0.155 e. The van der Waals surface area contributed by atoms with Gasteiger partial charge in [0, 0.05) is 13.1 Å². The molecule has 1 aliphatic rings. The molecule has 0 saturated heterocycles. The summed E-state index contributed by atoms with van der Waals surface area (Å²) >= 11 is 0. The highest BCUT2D eigenvalue weighted by molar-refractivity contribution is 5.87. The standard InChI is InChI=1S/C16H17N5/c1-10-14-15(21(2)20-10)16(18-9-17-14)19-13-7-11-5-3-4-6-12(11)8-13/h3-6,9,13H,7-8H2,1-2H3,(H,17,18,19). The molecule has 5 nitrogen and oxygen atoms in total. The zero-order valence-electron chi connectivity index (χ0n) is 12.2. The molecule has 2 aromatic heterocycles. The molecule has 0 aliphatic heterocycles. The Bertz CT molecular complexity index is 796. The minimum Gasteiger partial charge on any atom is -0.365 e. The highest BCUT2D eigenvalue weighted by Crippen LogP contribution is 2.27. The third-order valence-electron chi connectivity index (χ3n) is 4.18. The van der Waals surface area contributed by atoms with Crippen LogP contribution in [0.25, 0.3) is 11.0 Å². The number of nitrogens with zero attached hydrogens (tertiary/aromatic N) is 4. The molecule has 0 unspecified atom stereocenters. The zero-order valence-corrected chi connectivity index (χ0v) is 12.2. The lowest BCUT2D eigenvalue weighted by Gasteiger charge is -2.13. The summed E-state index contributed by atoms with van der Waals surface area (Å²) < 4.78 is 1.86. The Labute approximate surface area is 123 Å². The van der Waals surface area contributed by atoms with Gasteiger partial charge in [-0.05, 0) is 30.9 Å². The zero-order chi connectivity index (χ0) is 14.4. The van der Waals surface area contributed by atoms with Crippen molar-refractivity contribution in [3.05, 3.63) is 47.4 Å². The molecule has 4 rings (SSSR count). The van der Waals surface area contributed by atoms with E-state index in [1.54, 1.807) is 6.33 Å². The maximum Gasteiger partial charge on any atom is 0.155 e. The maximum absolute atomic E-state index is 4.44. The molecule has 106 valence electrons. The molecular weight excluding hydrogens is 262 g/mol. The van der Waals surface area contributed by atoms with Crippen molar-refractivity contribution in [1.82, 2.24) is 19.7 Å². The van der Waals surface area contributed by atoms with Crippen LogP contribution in [0, 0.1) is 6.92 Å². The van der Waals surface area contributed by atoms with Gasteiger partial charge in [-0.1, -0.05) is 24.3 Å². The minimum absolute atomic E-state index is 0.385. The number of benzene rings is 1. The van der Waals surface area contributed by atoms with Crippen LogP contribution < -0.4 is 5.32 Å². The van der Waals surface area contributed by atoms with Gasteiger partial charge in [0.05, 0.1) is 5.69 Å². The molecule has 1 N–H and O–H groups in total. The number of anilines is 1. The fraction of sp³-hybridized carbons (Fsp3) is 0.312. The predicted molar refractivity (Wildman–Crippen MR) is 82.3 cm³/mol. The highest BCUT2D eigenvalue weighted by atomic mass is 15.3. The van der Waals surface area contributed by atoms with Crippen molar-refractivity contribution in [3.63, 3.8) is 0 Å². The Kier molecular flexibility index (Phi) is 2.67. The molecule has 0 spiro atoms. The molecule has 2 heterocycles. The number of rotatable bonds is 2. The van der Waals surface area contributed by atoms with E-state index in [1.807, 2.05) is 18.7 Å². The van der Waals surface area contributed by atoms with Gasteiger partial charge in [0.25, 0.3) is 0 Å². The van der Waals surface area contributed by atoms with Crippen molar-refractivity contribution in [3.8, 4) is 0 Å². The molecule has 3 aromatic rings. The van der Waals surface area contributed by atoms with Crippen LogP contribution in [0.5, 0.6) is 0 Å². The number of hydrogen-bond donors (Lipinski definition) is 1. The molecule has 21 heavy (non-hydrogen) atoms. The number of nitrogens with one attached hydrogen (secondary N) is 1. The van der Waals surface area contributed by atoms with E-state index in [4.69, 9.17) is 0 Å².